The molecule has 3 saturated carbocycles. The van der Waals surface area contributed by atoms with Gasteiger partial charge in [0.2, 0.25) is 0 Å². The first-order chi connectivity index (χ1) is 16.6. The van der Waals surface area contributed by atoms with Gasteiger partial charge >= 0.3 is 0 Å². The van der Waals surface area contributed by atoms with Crippen molar-refractivity contribution in [1.82, 2.24) is 29.9 Å². The molecule has 1 N–H and O–H groups in total. The molecule has 9 nitrogen and oxygen atoms in total. The predicted molar refractivity (Wildman–Crippen MR) is 121 cm³/mol. The molecule has 3 aliphatic rings. The third-order valence-corrected chi connectivity index (χ3v) is 7.41. The lowest BCUT2D eigenvalue weighted by Crippen LogP contribution is -2.52. The molecule has 3 aliphatic carbocycles. The van der Waals surface area contributed by atoms with E-state index in [2.05, 4.69) is 30.2 Å². The van der Waals surface area contributed by atoms with Crippen LogP contribution in [0.1, 0.15) is 50.8 Å². The number of fused-ring (bicyclic) bond motifs is 2. The van der Waals surface area contributed by atoms with Gasteiger partial charge in [-0.05, 0) is 56.1 Å². The highest BCUT2D eigenvalue weighted by atomic mass is 19.1. The molecule has 3 aromatic rings. The lowest BCUT2D eigenvalue weighted by Gasteiger charge is -2.46. The maximum Gasteiger partial charge on any atom is 0.252 e. The normalized spacial score (nSPS) is 26.1. The maximum absolute atomic E-state index is 15.5. The molecule has 3 fully saturated rings. The van der Waals surface area contributed by atoms with Crippen molar-refractivity contribution in [3.05, 3.63) is 36.5 Å². The van der Waals surface area contributed by atoms with Gasteiger partial charge in [0.1, 0.15) is 24.3 Å². The van der Waals surface area contributed by atoms with Gasteiger partial charge in [-0.3, -0.25) is 0 Å². The van der Waals surface area contributed by atoms with Crippen LogP contribution in [0.2, 0.25) is 0 Å². The SMILES string of the molecule is N#Cc1ncn(-c2ccc(-c3ncc(N(C4CC4)[C@@H]4C[C@H]5CCC[C@H](C5)[C@@H]4F)nn3)c(O)c2)n1. The monoisotopic (exact) mass is 460 g/mol. The van der Waals surface area contributed by atoms with Crippen LogP contribution in [-0.4, -0.2) is 53.3 Å². The van der Waals surface area contributed by atoms with Crippen LogP contribution in [0.15, 0.2) is 30.7 Å². The largest absolute Gasteiger partial charge is 0.507 e. The number of rotatable bonds is 5. The summed E-state index contributed by atoms with van der Waals surface area (Å²) in [6.45, 7) is 0. The Labute approximate surface area is 196 Å². The van der Waals surface area contributed by atoms with Gasteiger partial charge in [0.05, 0.1) is 23.5 Å². The number of hydrogen-bond acceptors (Lipinski definition) is 8. The fourth-order valence-electron chi connectivity index (χ4n) is 5.67. The fraction of sp³-hybridized carbons (Fsp3) is 0.500. The number of hydrogen-bond donors (Lipinski definition) is 1. The zero-order valence-corrected chi connectivity index (χ0v) is 18.6. The average Bonchev–Trinajstić information content (AvgIpc) is 3.57. The van der Waals surface area contributed by atoms with E-state index in [1.165, 1.54) is 23.5 Å². The molecule has 0 unspecified atom stereocenters. The van der Waals surface area contributed by atoms with Crippen LogP contribution in [0.3, 0.4) is 0 Å². The minimum atomic E-state index is -0.839. The second-order valence-electron chi connectivity index (χ2n) is 9.64. The predicted octanol–water partition coefficient (Wildman–Crippen LogP) is 3.58. The fourth-order valence-corrected chi connectivity index (χ4v) is 5.67. The molecular weight excluding hydrogens is 435 g/mol. The summed E-state index contributed by atoms with van der Waals surface area (Å²) < 4.78 is 16.9. The van der Waals surface area contributed by atoms with E-state index in [1.54, 1.807) is 18.3 Å². The summed E-state index contributed by atoms with van der Waals surface area (Å²) in [5, 5.41) is 32.2. The zero-order valence-electron chi connectivity index (χ0n) is 18.6. The van der Waals surface area contributed by atoms with Crippen molar-refractivity contribution in [2.75, 3.05) is 4.90 Å². The van der Waals surface area contributed by atoms with E-state index in [-0.39, 0.29) is 29.4 Å². The van der Waals surface area contributed by atoms with Crippen LogP contribution >= 0.6 is 0 Å². The average molecular weight is 461 g/mol. The molecule has 0 aliphatic heterocycles. The summed E-state index contributed by atoms with van der Waals surface area (Å²) in [6, 6.07) is 6.93. The third kappa shape index (κ3) is 3.75. The van der Waals surface area contributed by atoms with E-state index in [1.807, 2.05) is 6.07 Å². The summed E-state index contributed by atoms with van der Waals surface area (Å²) in [6.07, 6.45) is 9.51. The van der Waals surface area contributed by atoms with Crippen LogP contribution in [0.25, 0.3) is 17.1 Å². The van der Waals surface area contributed by atoms with Gasteiger partial charge in [-0.25, -0.2) is 19.0 Å². The Bertz CT molecular complexity index is 1230. The van der Waals surface area contributed by atoms with Gasteiger partial charge in [-0.2, -0.15) is 5.26 Å². The number of phenolic OH excluding ortho intramolecular Hbond substituents is 1. The van der Waals surface area contributed by atoms with Crippen LogP contribution in [-0.2, 0) is 0 Å². The van der Waals surface area contributed by atoms with E-state index in [4.69, 9.17) is 5.26 Å². The number of benzene rings is 1. The van der Waals surface area contributed by atoms with Gasteiger partial charge in [-0.15, -0.1) is 15.3 Å². The summed E-state index contributed by atoms with van der Waals surface area (Å²) in [7, 11) is 0. The number of nitrogens with zero attached hydrogens (tertiary/aromatic N) is 8. The topological polar surface area (TPSA) is 117 Å². The number of aromatic nitrogens is 6. The van der Waals surface area contributed by atoms with E-state index in [0.29, 0.717) is 29.0 Å². The Morgan fingerprint density at radius 2 is 2.00 bits per heavy atom. The van der Waals surface area contributed by atoms with Crippen LogP contribution in [0.4, 0.5) is 10.2 Å². The number of anilines is 1. The van der Waals surface area contributed by atoms with E-state index < -0.39 is 6.17 Å². The molecule has 0 amide bonds. The lowest BCUT2D eigenvalue weighted by atomic mass is 9.69. The number of alkyl halides is 1. The van der Waals surface area contributed by atoms with Gasteiger partial charge in [0.25, 0.3) is 5.82 Å². The summed E-state index contributed by atoms with van der Waals surface area (Å²) >= 11 is 0. The molecule has 10 heteroatoms. The van der Waals surface area contributed by atoms with Crippen LogP contribution < -0.4 is 4.90 Å². The lowest BCUT2D eigenvalue weighted by molar-refractivity contribution is 0.0631. The Balaban J connectivity index is 1.25. The highest BCUT2D eigenvalue weighted by Gasteiger charge is 2.46. The first-order valence-corrected chi connectivity index (χ1v) is 11.9. The van der Waals surface area contributed by atoms with Crippen molar-refractivity contribution >= 4 is 5.82 Å². The van der Waals surface area contributed by atoms with Crippen LogP contribution in [0.5, 0.6) is 5.75 Å². The molecule has 2 heterocycles. The number of halogens is 1. The Kier molecular flexibility index (Phi) is 5.12. The highest BCUT2D eigenvalue weighted by molar-refractivity contribution is 5.66. The molecule has 34 heavy (non-hydrogen) atoms. The molecular formula is C24H25FN8O. The van der Waals surface area contributed by atoms with Crippen molar-refractivity contribution in [3.8, 4) is 28.9 Å². The highest BCUT2D eigenvalue weighted by Crippen LogP contribution is 2.46. The van der Waals surface area contributed by atoms with Crippen molar-refractivity contribution < 1.29 is 9.50 Å². The quantitative estimate of drug-likeness (QED) is 0.614. The number of aromatic hydroxyl groups is 1. The Morgan fingerprint density at radius 1 is 1.12 bits per heavy atom. The van der Waals surface area contributed by atoms with Crippen molar-refractivity contribution in [1.29, 1.82) is 5.26 Å². The Morgan fingerprint density at radius 3 is 2.71 bits per heavy atom. The molecule has 4 atom stereocenters. The van der Waals surface area contributed by atoms with E-state index in [0.717, 1.165) is 38.5 Å². The first-order valence-electron chi connectivity index (χ1n) is 11.9. The van der Waals surface area contributed by atoms with E-state index >= 15 is 4.39 Å². The Hall–Kier alpha value is -3.61. The smallest absolute Gasteiger partial charge is 0.252 e. The molecule has 0 radical (unpaired) electrons. The minimum Gasteiger partial charge on any atom is -0.507 e. The van der Waals surface area contributed by atoms with Crippen molar-refractivity contribution in [2.45, 2.75) is 63.2 Å². The molecule has 0 spiro atoms. The molecule has 6 rings (SSSR count). The van der Waals surface area contributed by atoms with Crippen LogP contribution in [0, 0.1) is 23.2 Å². The zero-order chi connectivity index (χ0) is 23.2. The van der Waals surface area contributed by atoms with Crippen molar-refractivity contribution in [3.63, 3.8) is 0 Å². The van der Waals surface area contributed by atoms with Gasteiger partial charge in [-0.1, -0.05) is 12.8 Å². The number of nitriles is 1. The standard InChI is InChI=1S/C24H25FN8O/c25-23-15-3-1-2-14(8-15)9-19(23)33(16-4-5-16)22-12-27-24(30-29-22)18-7-6-17(10-20(18)34)32-13-28-21(11-26)31-32/h6-7,10,12-16,19,23,34H,1-5,8-9H2/t14-,15+,19+,23-/m0/s1. The summed E-state index contributed by atoms with van der Waals surface area (Å²) in [5.41, 5.74) is 0.980. The maximum atomic E-state index is 15.5. The minimum absolute atomic E-state index is 0.0379. The van der Waals surface area contributed by atoms with Gasteiger partial charge < -0.3 is 10.0 Å². The first kappa shape index (κ1) is 21.0. The summed E-state index contributed by atoms with van der Waals surface area (Å²) in [4.78, 5) is 10.5. The van der Waals surface area contributed by atoms with E-state index in [9.17, 15) is 5.11 Å². The third-order valence-electron chi connectivity index (χ3n) is 7.41. The van der Waals surface area contributed by atoms with Gasteiger partial charge in [0.15, 0.2) is 11.6 Å². The molecule has 1 aromatic carbocycles. The second kappa shape index (κ2) is 8.31. The molecule has 2 bridgehead atoms. The molecule has 174 valence electrons. The molecule has 2 aromatic heterocycles. The van der Waals surface area contributed by atoms with Crippen molar-refractivity contribution in [2.24, 2.45) is 11.8 Å². The second-order valence-corrected chi connectivity index (χ2v) is 9.64. The molecule has 0 saturated heterocycles. The summed E-state index contributed by atoms with van der Waals surface area (Å²) in [5.74, 6) is 1.66. The number of phenols is 1. The van der Waals surface area contributed by atoms with Gasteiger partial charge in [0, 0.05) is 12.1 Å².